The standard InChI is InChI=1S/C26H29NO4/c1-2-29-26(28)21-22-13-15-23(16-14-22)27(17-19-30-24-9-5-3-6-10-24)18-20-31-25-11-7-4-8-12-25/h3-16H,2,17-21H2,1H3. The summed E-state index contributed by atoms with van der Waals surface area (Å²) in [7, 11) is 0. The summed E-state index contributed by atoms with van der Waals surface area (Å²) < 4.78 is 16.8. The summed E-state index contributed by atoms with van der Waals surface area (Å²) >= 11 is 0. The number of nitrogens with zero attached hydrogens (tertiary/aromatic N) is 1. The smallest absolute Gasteiger partial charge is 0.310 e. The van der Waals surface area contributed by atoms with Gasteiger partial charge in [-0.2, -0.15) is 0 Å². The molecule has 3 aromatic rings. The minimum Gasteiger partial charge on any atom is -0.492 e. The van der Waals surface area contributed by atoms with Gasteiger partial charge in [-0.05, 0) is 48.9 Å². The van der Waals surface area contributed by atoms with Crippen molar-refractivity contribution in [1.82, 2.24) is 0 Å². The Morgan fingerprint density at radius 2 is 1.26 bits per heavy atom. The fourth-order valence-electron chi connectivity index (χ4n) is 3.15. The summed E-state index contributed by atoms with van der Waals surface area (Å²) in [5, 5.41) is 0. The predicted molar refractivity (Wildman–Crippen MR) is 123 cm³/mol. The molecule has 0 atom stereocenters. The fourth-order valence-corrected chi connectivity index (χ4v) is 3.15. The normalized spacial score (nSPS) is 10.4. The molecule has 3 aromatic carbocycles. The third-order valence-electron chi connectivity index (χ3n) is 4.70. The molecule has 0 aromatic heterocycles. The Morgan fingerprint density at radius 1 is 0.742 bits per heavy atom. The molecular formula is C26H29NO4. The van der Waals surface area contributed by atoms with E-state index in [4.69, 9.17) is 14.2 Å². The molecule has 0 aliphatic rings. The van der Waals surface area contributed by atoms with Crippen molar-refractivity contribution < 1.29 is 19.0 Å². The molecule has 3 rings (SSSR count). The average Bonchev–Trinajstić information content (AvgIpc) is 2.80. The third-order valence-corrected chi connectivity index (χ3v) is 4.70. The molecule has 0 aliphatic heterocycles. The summed E-state index contributed by atoms with van der Waals surface area (Å²) in [6.45, 7) is 4.75. The third kappa shape index (κ3) is 7.70. The zero-order valence-electron chi connectivity index (χ0n) is 17.9. The number of esters is 1. The first-order valence-electron chi connectivity index (χ1n) is 10.6. The number of benzene rings is 3. The van der Waals surface area contributed by atoms with Crippen LogP contribution < -0.4 is 14.4 Å². The van der Waals surface area contributed by atoms with Gasteiger partial charge in [0.15, 0.2) is 0 Å². The van der Waals surface area contributed by atoms with Gasteiger partial charge < -0.3 is 19.1 Å². The van der Waals surface area contributed by atoms with Crippen LogP contribution in [0.2, 0.25) is 0 Å². The largest absolute Gasteiger partial charge is 0.492 e. The van der Waals surface area contributed by atoms with E-state index in [0.717, 1.165) is 22.7 Å². The zero-order chi connectivity index (χ0) is 21.7. The molecule has 0 N–H and O–H groups in total. The molecule has 0 amide bonds. The molecule has 0 spiro atoms. The number of para-hydroxylation sites is 2. The van der Waals surface area contributed by atoms with E-state index in [-0.39, 0.29) is 12.4 Å². The SMILES string of the molecule is CCOC(=O)Cc1ccc(N(CCOc2ccccc2)CCOc2ccccc2)cc1. The highest BCUT2D eigenvalue weighted by Gasteiger charge is 2.09. The van der Waals surface area contributed by atoms with Gasteiger partial charge in [-0.25, -0.2) is 0 Å². The summed E-state index contributed by atoms with van der Waals surface area (Å²) in [6.07, 6.45) is 0.280. The molecule has 0 saturated heterocycles. The highest BCUT2D eigenvalue weighted by atomic mass is 16.5. The fraction of sp³-hybridized carbons (Fsp3) is 0.269. The molecule has 0 saturated carbocycles. The molecule has 0 fully saturated rings. The van der Waals surface area contributed by atoms with Crippen LogP contribution in [0.1, 0.15) is 12.5 Å². The molecule has 5 nitrogen and oxygen atoms in total. The van der Waals surface area contributed by atoms with Gasteiger partial charge in [-0.1, -0.05) is 48.5 Å². The van der Waals surface area contributed by atoms with E-state index in [1.807, 2.05) is 91.9 Å². The Hall–Kier alpha value is -3.47. The Morgan fingerprint density at radius 3 is 1.74 bits per heavy atom. The number of anilines is 1. The van der Waals surface area contributed by atoms with Crippen molar-refractivity contribution in [2.75, 3.05) is 37.8 Å². The maximum absolute atomic E-state index is 11.7. The van der Waals surface area contributed by atoms with Crippen LogP contribution in [-0.4, -0.2) is 38.9 Å². The van der Waals surface area contributed by atoms with Gasteiger partial charge in [-0.3, -0.25) is 4.79 Å². The Labute approximate surface area is 184 Å². The van der Waals surface area contributed by atoms with Crippen molar-refractivity contribution in [2.45, 2.75) is 13.3 Å². The Bertz CT molecular complexity index is 852. The highest BCUT2D eigenvalue weighted by molar-refractivity contribution is 5.72. The minimum absolute atomic E-state index is 0.209. The van der Waals surface area contributed by atoms with Crippen molar-refractivity contribution in [1.29, 1.82) is 0 Å². The second-order valence-corrected chi connectivity index (χ2v) is 6.96. The quantitative estimate of drug-likeness (QED) is 0.396. The van der Waals surface area contributed by atoms with E-state index in [9.17, 15) is 4.79 Å². The molecular weight excluding hydrogens is 390 g/mol. The van der Waals surface area contributed by atoms with Crippen molar-refractivity contribution in [2.24, 2.45) is 0 Å². The van der Waals surface area contributed by atoms with Gasteiger partial charge in [0.05, 0.1) is 26.1 Å². The topological polar surface area (TPSA) is 48.0 Å². The second kappa shape index (κ2) is 12.3. The van der Waals surface area contributed by atoms with E-state index in [1.165, 1.54) is 0 Å². The number of ether oxygens (including phenoxy) is 3. The Kier molecular flexibility index (Phi) is 8.80. The van der Waals surface area contributed by atoms with Crippen LogP contribution in [0.3, 0.4) is 0 Å². The number of rotatable bonds is 12. The first-order chi connectivity index (χ1) is 15.2. The molecule has 0 aliphatic carbocycles. The molecule has 0 heterocycles. The van der Waals surface area contributed by atoms with Crippen LogP contribution >= 0.6 is 0 Å². The number of carbonyl (C=O) groups excluding carboxylic acids is 1. The van der Waals surface area contributed by atoms with Gasteiger partial charge in [0.25, 0.3) is 0 Å². The minimum atomic E-state index is -0.209. The van der Waals surface area contributed by atoms with E-state index in [1.54, 1.807) is 0 Å². The molecule has 0 radical (unpaired) electrons. The second-order valence-electron chi connectivity index (χ2n) is 6.96. The van der Waals surface area contributed by atoms with E-state index in [0.29, 0.717) is 32.9 Å². The first kappa shape index (κ1) is 22.2. The summed E-state index contributed by atoms with van der Waals surface area (Å²) in [5.41, 5.74) is 1.99. The van der Waals surface area contributed by atoms with E-state index in [2.05, 4.69) is 4.90 Å². The van der Waals surface area contributed by atoms with Gasteiger partial charge in [-0.15, -0.1) is 0 Å². The van der Waals surface area contributed by atoms with E-state index >= 15 is 0 Å². The van der Waals surface area contributed by atoms with Crippen LogP contribution in [0.25, 0.3) is 0 Å². The predicted octanol–water partition coefficient (Wildman–Crippen LogP) is 4.76. The molecule has 5 heteroatoms. The lowest BCUT2D eigenvalue weighted by atomic mass is 10.1. The number of hydrogen-bond acceptors (Lipinski definition) is 5. The van der Waals surface area contributed by atoms with Crippen molar-refractivity contribution >= 4 is 11.7 Å². The van der Waals surface area contributed by atoms with Gasteiger partial charge >= 0.3 is 5.97 Å². The average molecular weight is 420 g/mol. The van der Waals surface area contributed by atoms with Crippen LogP contribution in [-0.2, 0) is 16.0 Å². The highest BCUT2D eigenvalue weighted by Crippen LogP contribution is 2.17. The lowest BCUT2D eigenvalue weighted by molar-refractivity contribution is -0.142. The van der Waals surface area contributed by atoms with E-state index < -0.39 is 0 Å². The number of hydrogen-bond donors (Lipinski definition) is 0. The maximum Gasteiger partial charge on any atom is 0.310 e. The monoisotopic (exact) mass is 419 g/mol. The lowest BCUT2D eigenvalue weighted by Crippen LogP contribution is -2.32. The summed E-state index contributed by atoms with van der Waals surface area (Å²) in [6, 6.07) is 27.6. The Balaban J connectivity index is 1.60. The van der Waals surface area contributed by atoms with Gasteiger partial charge in [0, 0.05) is 5.69 Å². The molecule has 0 unspecified atom stereocenters. The van der Waals surface area contributed by atoms with Crippen LogP contribution in [0.5, 0.6) is 11.5 Å². The molecule has 0 bridgehead atoms. The first-order valence-corrected chi connectivity index (χ1v) is 10.6. The lowest BCUT2D eigenvalue weighted by Gasteiger charge is -2.25. The number of carbonyl (C=O) groups is 1. The van der Waals surface area contributed by atoms with Crippen LogP contribution in [0.4, 0.5) is 5.69 Å². The van der Waals surface area contributed by atoms with Crippen molar-refractivity contribution in [3.05, 3.63) is 90.5 Å². The summed E-state index contributed by atoms with van der Waals surface area (Å²) in [4.78, 5) is 13.9. The summed E-state index contributed by atoms with van der Waals surface area (Å²) in [5.74, 6) is 1.50. The van der Waals surface area contributed by atoms with Crippen LogP contribution in [0.15, 0.2) is 84.9 Å². The zero-order valence-corrected chi connectivity index (χ0v) is 17.9. The van der Waals surface area contributed by atoms with Crippen molar-refractivity contribution in [3.63, 3.8) is 0 Å². The molecule has 31 heavy (non-hydrogen) atoms. The van der Waals surface area contributed by atoms with Gasteiger partial charge in [0.2, 0.25) is 0 Å². The molecule has 162 valence electrons. The van der Waals surface area contributed by atoms with Crippen molar-refractivity contribution in [3.8, 4) is 11.5 Å². The van der Waals surface area contributed by atoms with Crippen LogP contribution in [0, 0.1) is 0 Å². The maximum atomic E-state index is 11.7. The van der Waals surface area contributed by atoms with Gasteiger partial charge in [0.1, 0.15) is 24.7 Å².